The molecule has 0 aromatic heterocycles. The highest BCUT2D eigenvalue weighted by atomic mass is 16.5. The Labute approximate surface area is 94.4 Å². The predicted molar refractivity (Wildman–Crippen MR) is 59.8 cm³/mol. The van der Waals surface area contributed by atoms with Crippen molar-refractivity contribution < 1.29 is 14.3 Å². The van der Waals surface area contributed by atoms with Gasteiger partial charge in [-0.1, -0.05) is 31.0 Å². The fraction of sp³-hybridized carbons (Fsp3) is 0.231. The molecule has 1 rings (SSSR count). The van der Waals surface area contributed by atoms with Crippen LogP contribution < -0.4 is 0 Å². The molecule has 1 aromatic carbocycles. The van der Waals surface area contributed by atoms with Crippen LogP contribution in [0.1, 0.15) is 23.7 Å². The molecular weight excluding hydrogens is 204 g/mol. The lowest BCUT2D eigenvalue weighted by atomic mass is 10.2. The third-order valence-corrected chi connectivity index (χ3v) is 1.93. The van der Waals surface area contributed by atoms with Gasteiger partial charge < -0.3 is 4.74 Å². The molecule has 1 unspecified atom stereocenters. The Kier molecular flexibility index (Phi) is 4.81. The quantitative estimate of drug-likeness (QED) is 0.440. The third kappa shape index (κ3) is 3.58. The summed E-state index contributed by atoms with van der Waals surface area (Å²) in [5.41, 5.74) is 0.480. The Morgan fingerprint density at radius 2 is 2.12 bits per heavy atom. The second-order valence-electron chi connectivity index (χ2n) is 3.07. The number of carbonyl (C=O) groups is 2. The molecule has 0 heterocycles. The zero-order valence-electron chi connectivity index (χ0n) is 8.97. The van der Waals surface area contributed by atoms with Gasteiger partial charge in [0.2, 0.25) is 0 Å². The Hall–Kier alpha value is -2.08. The van der Waals surface area contributed by atoms with Gasteiger partial charge in [0, 0.05) is 0 Å². The number of aldehydes is 1. The van der Waals surface area contributed by atoms with Crippen LogP contribution in [0.25, 0.3) is 0 Å². The summed E-state index contributed by atoms with van der Waals surface area (Å²) in [5, 5.41) is 0. The van der Waals surface area contributed by atoms with Crippen LogP contribution in [0.15, 0.2) is 30.3 Å². The highest BCUT2D eigenvalue weighted by Crippen LogP contribution is 2.05. The minimum Gasteiger partial charge on any atom is -0.446 e. The molecule has 1 atom stereocenters. The van der Waals surface area contributed by atoms with Crippen LogP contribution >= 0.6 is 0 Å². The van der Waals surface area contributed by atoms with Crippen LogP contribution in [0.3, 0.4) is 0 Å². The Morgan fingerprint density at radius 1 is 1.44 bits per heavy atom. The van der Waals surface area contributed by atoms with E-state index in [2.05, 4.69) is 11.8 Å². The lowest BCUT2D eigenvalue weighted by Gasteiger charge is -2.09. The molecule has 0 bridgehead atoms. The maximum Gasteiger partial charge on any atom is 0.339 e. The first-order valence-electron chi connectivity index (χ1n) is 4.98. The monoisotopic (exact) mass is 216 g/mol. The lowest BCUT2D eigenvalue weighted by molar-refractivity contribution is -0.103. The highest BCUT2D eigenvalue weighted by molar-refractivity contribution is 5.89. The number of esters is 1. The number of carbonyl (C=O) groups excluding carboxylic acids is 2. The van der Waals surface area contributed by atoms with Gasteiger partial charge in [0.05, 0.1) is 5.56 Å². The van der Waals surface area contributed by atoms with Crippen molar-refractivity contribution in [3.63, 3.8) is 0 Å². The molecule has 16 heavy (non-hydrogen) atoms. The molecule has 0 spiro atoms. The summed E-state index contributed by atoms with van der Waals surface area (Å²) in [5.74, 6) is 4.38. The van der Waals surface area contributed by atoms with E-state index in [9.17, 15) is 9.59 Å². The summed E-state index contributed by atoms with van der Waals surface area (Å²) in [6.07, 6.45) is 0.510. The number of hydrogen-bond donors (Lipinski definition) is 0. The molecule has 0 amide bonds. The normalized spacial score (nSPS) is 10.8. The van der Waals surface area contributed by atoms with E-state index in [1.807, 2.05) is 13.0 Å². The first-order valence-corrected chi connectivity index (χ1v) is 4.98. The Morgan fingerprint density at radius 3 is 2.69 bits per heavy atom. The minimum absolute atomic E-state index is 0.423. The summed E-state index contributed by atoms with van der Waals surface area (Å²) >= 11 is 0. The maximum absolute atomic E-state index is 11.6. The van der Waals surface area contributed by atoms with E-state index in [0.717, 1.165) is 0 Å². The molecule has 3 nitrogen and oxygen atoms in total. The van der Waals surface area contributed by atoms with E-state index in [4.69, 9.17) is 4.74 Å². The standard InChI is InChI=1S/C13H12O3/c1-2-12(9-6-10-14)16-13(15)11-7-4-3-5-8-11/h3-5,7-8,10,12H,2H2,1H3. The molecule has 0 aliphatic heterocycles. The Balaban J connectivity index is 2.66. The summed E-state index contributed by atoms with van der Waals surface area (Å²) in [6.45, 7) is 1.84. The molecule has 0 radical (unpaired) electrons. The zero-order chi connectivity index (χ0) is 11.8. The molecule has 0 aliphatic rings. The number of ether oxygens (including phenoxy) is 1. The first kappa shape index (κ1) is 12.0. The van der Waals surface area contributed by atoms with Crippen molar-refractivity contribution in [2.24, 2.45) is 0 Å². The van der Waals surface area contributed by atoms with Crippen molar-refractivity contribution in [1.29, 1.82) is 0 Å². The first-order chi connectivity index (χ1) is 7.77. The van der Waals surface area contributed by atoms with E-state index >= 15 is 0 Å². The van der Waals surface area contributed by atoms with E-state index in [1.54, 1.807) is 24.3 Å². The van der Waals surface area contributed by atoms with Gasteiger partial charge in [-0.2, -0.15) is 0 Å². The zero-order valence-corrected chi connectivity index (χ0v) is 8.97. The maximum atomic E-state index is 11.6. The van der Waals surface area contributed by atoms with Gasteiger partial charge in [0.25, 0.3) is 0 Å². The second-order valence-corrected chi connectivity index (χ2v) is 3.07. The van der Waals surface area contributed by atoms with Crippen molar-refractivity contribution in [2.45, 2.75) is 19.4 Å². The molecular formula is C13H12O3. The molecule has 0 saturated carbocycles. The van der Waals surface area contributed by atoms with Gasteiger partial charge in [-0.25, -0.2) is 4.79 Å². The van der Waals surface area contributed by atoms with Crippen LogP contribution in [-0.2, 0) is 9.53 Å². The van der Waals surface area contributed by atoms with Gasteiger partial charge in [0.15, 0.2) is 12.4 Å². The SMILES string of the molecule is CCC(C#CC=O)OC(=O)c1ccccc1. The van der Waals surface area contributed by atoms with Crippen molar-refractivity contribution in [3.05, 3.63) is 35.9 Å². The molecule has 82 valence electrons. The topological polar surface area (TPSA) is 43.4 Å². The van der Waals surface area contributed by atoms with Crippen LogP contribution in [-0.4, -0.2) is 18.4 Å². The molecule has 1 aromatic rings. The minimum atomic E-state index is -0.530. The predicted octanol–water partition coefficient (Wildman–Crippen LogP) is 1.82. The van der Waals surface area contributed by atoms with Gasteiger partial charge in [-0.15, -0.1) is 0 Å². The molecule has 0 aliphatic carbocycles. The number of rotatable bonds is 3. The smallest absolute Gasteiger partial charge is 0.339 e. The van der Waals surface area contributed by atoms with Crippen molar-refractivity contribution in [1.82, 2.24) is 0 Å². The van der Waals surface area contributed by atoms with Crippen LogP contribution in [0, 0.1) is 11.8 Å². The van der Waals surface area contributed by atoms with E-state index in [1.165, 1.54) is 0 Å². The summed E-state index contributed by atoms with van der Waals surface area (Å²) in [7, 11) is 0. The van der Waals surface area contributed by atoms with Crippen molar-refractivity contribution in [2.75, 3.05) is 0 Å². The third-order valence-electron chi connectivity index (χ3n) is 1.93. The van der Waals surface area contributed by atoms with Gasteiger partial charge in [-0.05, 0) is 24.5 Å². The summed E-state index contributed by atoms with van der Waals surface area (Å²) in [4.78, 5) is 21.7. The second kappa shape index (κ2) is 6.41. The number of hydrogen-bond acceptors (Lipinski definition) is 3. The lowest BCUT2D eigenvalue weighted by Crippen LogP contribution is -2.15. The molecule has 3 heteroatoms. The average molecular weight is 216 g/mol. The average Bonchev–Trinajstić information content (AvgIpc) is 2.35. The van der Waals surface area contributed by atoms with Gasteiger partial charge in [0.1, 0.15) is 0 Å². The fourth-order valence-electron chi connectivity index (χ4n) is 1.11. The van der Waals surface area contributed by atoms with E-state index in [-0.39, 0.29) is 0 Å². The molecule has 0 saturated heterocycles. The number of benzene rings is 1. The molecule has 0 N–H and O–H groups in total. The van der Waals surface area contributed by atoms with Crippen LogP contribution in [0.5, 0.6) is 0 Å². The van der Waals surface area contributed by atoms with Gasteiger partial charge in [-0.3, -0.25) is 4.79 Å². The van der Waals surface area contributed by atoms with E-state index < -0.39 is 12.1 Å². The largest absolute Gasteiger partial charge is 0.446 e. The van der Waals surface area contributed by atoms with Crippen molar-refractivity contribution >= 4 is 12.3 Å². The highest BCUT2D eigenvalue weighted by Gasteiger charge is 2.11. The summed E-state index contributed by atoms with van der Waals surface area (Å²) in [6, 6.07) is 8.67. The molecule has 0 fully saturated rings. The summed E-state index contributed by atoms with van der Waals surface area (Å²) < 4.78 is 5.12. The van der Waals surface area contributed by atoms with E-state index in [0.29, 0.717) is 18.3 Å². The Bertz CT molecular complexity index is 412. The van der Waals surface area contributed by atoms with Crippen molar-refractivity contribution in [3.8, 4) is 11.8 Å². The fourth-order valence-corrected chi connectivity index (χ4v) is 1.11. The van der Waals surface area contributed by atoms with Crippen LogP contribution in [0.2, 0.25) is 0 Å². The van der Waals surface area contributed by atoms with Crippen LogP contribution in [0.4, 0.5) is 0 Å². The van der Waals surface area contributed by atoms with Gasteiger partial charge >= 0.3 is 5.97 Å².